The van der Waals surface area contributed by atoms with E-state index in [1.54, 1.807) is 12.3 Å². The molecule has 1 N–H and O–H groups in total. The summed E-state index contributed by atoms with van der Waals surface area (Å²) in [6.07, 6.45) is 2.55. The number of phenols is 1. The van der Waals surface area contributed by atoms with Gasteiger partial charge in [0.15, 0.2) is 0 Å². The van der Waals surface area contributed by atoms with Crippen molar-refractivity contribution in [2.75, 3.05) is 0 Å². The van der Waals surface area contributed by atoms with Crippen molar-refractivity contribution < 1.29 is 5.11 Å². The number of nitrogens with zero attached hydrogens (tertiary/aromatic N) is 1. The topological polar surface area (TPSA) is 32.6 Å². The molecule has 0 aromatic heterocycles. The Balaban J connectivity index is 1.82. The van der Waals surface area contributed by atoms with Gasteiger partial charge in [-0.05, 0) is 41.8 Å². The smallest absolute Gasteiger partial charge is 0.124 e. The second-order valence-electron chi connectivity index (χ2n) is 5.15. The number of rotatable bonds is 4. The van der Waals surface area contributed by atoms with Gasteiger partial charge in [0.25, 0.3) is 0 Å². The Kier molecular flexibility index (Phi) is 4.30. The van der Waals surface area contributed by atoms with E-state index >= 15 is 0 Å². The van der Waals surface area contributed by atoms with Crippen LogP contribution in [0.2, 0.25) is 0 Å². The molecule has 0 saturated carbocycles. The van der Waals surface area contributed by atoms with Crippen LogP contribution < -0.4 is 0 Å². The maximum absolute atomic E-state index is 9.99. The molecular weight excluding hydrogens is 270 g/mol. The summed E-state index contributed by atoms with van der Waals surface area (Å²) in [5, 5.41) is 9.99. The Morgan fingerprint density at radius 1 is 0.773 bits per heavy atom. The lowest BCUT2D eigenvalue weighted by Gasteiger charge is -2.05. The Morgan fingerprint density at radius 3 is 2.18 bits per heavy atom. The quantitative estimate of drug-likeness (QED) is 0.691. The van der Waals surface area contributed by atoms with Crippen LogP contribution in [0.25, 0.3) is 0 Å². The lowest BCUT2D eigenvalue weighted by Crippen LogP contribution is -1.91. The average molecular weight is 287 g/mol. The minimum atomic E-state index is 0.247. The van der Waals surface area contributed by atoms with Crippen LogP contribution in [-0.4, -0.2) is 11.3 Å². The van der Waals surface area contributed by atoms with E-state index in [9.17, 15) is 5.11 Å². The minimum Gasteiger partial charge on any atom is -0.507 e. The molecule has 108 valence electrons. The predicted octanol–water partition coefficient (Wildman–Crippen LogP) is 4.73. The first-order chi connectivity index (χ1) is 10.8. The number of benzene rings is 3. The Hall–Kier alpha value is -2.87. The highest BCUT2D eigenvalue weighted by Gasteiger charge is 2.02. The fourth-order valence-corrected chi connectivity index (χ4v) is 2.31. The lowest BCUT2D eigenvalue weighted by molar-refractivity contribution is 0.474. The summed E-state index contributed by atoms with van der Waals surface area (Å²) in [6.45, 7) is 0. The monoisotopic (exact) mass is 287 g/mol. The van der Waals surface area contributed by atoms with Crippen molar-refractivity contribution in [3.05, 3.63) is 95.6 Å². The van der Waals surface area contributed by atoms with E-state index in [0.717, 1.165) is 23.2 Å². The molecule has 0 atom stereocenters. The van der Waals surface area contributed by atoms with Crippen molar-refractivity contribution in [2.24, 2.45) is 4.99 Å². The summed E-state index contributed by atoms with van der Waals surface area (Å²) in [6, 6.07) is 25.6. The first-order valence-electron chi connectivity index (χ1n) is 7.26. The second kappa shape index (κ2) is 6.72. The van der Waals surface area contributed by atoms with Gasteiger partial charge in [0, 0.05) is 11.8 Å². The van der Waals surface area contributed by atoms with Gasteiger partial charge in [0.2, 0.25) is 0 Å². The maximum Gasteiger partial charge on any atom is 0.124 e. The van der Waals surface area contributed by atoms with Gasteiger partial charge < -0.3 is 5.11 Å². The number of aromatic hydroxyl groups is 1. The Bertz CT molecular complexity index is 764. The van der Waals surface area contributed by atoms with E-state index in [2.05, 4.69) is 17.1 Å². The van der Waals surface area contributed by atoms with Gasteiger partial charge in [-0.25, -0.2) is 0 Å². The summed E-state index contributed by atoms with van der Waals surface area (Å²) in [5.74, 6) is 0.247. The van der Waals surface area contributed by atoms with Gasteiger partial charge >= 0.3 is 0 Å². The van der Waals surface area contributed by atoms with E-state index in [4.69, 9.17) is 0 Å². The zero-order valence-electron chi connectivity index (χ0n) is 12.2. The SMILES string of the molecule is Oc1ccc(Cc2ccccc2)cc1C=Nc1ccccc1. The lowest BCUT2D eigenvalue weighted by atomic mass is 10.0. The number of phenolic OH excluding ortho intramolecular Hbond substituents is 1. The number of hydrogen-bond acceptors (Lipinski definition) is 2. The van der Waals surface area contributed by atoms with Gasteiger partial charge in [0.05, 0.1) is 5.69 Å². The highest BCUT2D eigenvalue weighted by molar-refractivity contribution is 5.85. The standard InChI is InChI=1S/C20H17NO/c22-20-12-11-17(13-16-7-3-1-4-8-16)14-18(20)15-21-19-9-5-2-6-10-19/h1-12,14-15,22H,13H2. The van der Waals surface area contributed by atoms with Crippen LogP contribution in [0, 0.1) is 0 Å². The summed E-state index contributed by atoms with van der Waals surface area (Å²) in [4.78, 5) is 4.40. The van der Waals surface area contributed by atoms with Gasteiger partial charge in [0.1, 0.15) is 5.75 Å². The zero-order valence-corrected chi connectivity index (χ0v) is 12.2. The van der Waals surface area contributed by atoms with E-state index in [0.29, 0.717) is 0 Å². The van der Waals surface area contributed by atoms with Crippen LogP contribution in [0.5, 0.6) is 5.75 Å². The summed E-state index contributed by atoms with van der Waals surface area (Å²) < 4.78 is 0. The fraction of sp³-hybridized carbons (Fsp3) is 0.0500. The third-order valence-electron chi connectivity index (χ3n) is 3.45. The second-order valence-corrected chi connectivity index (χ2v) is 5.15. The summed E-state index contributed by atoms with van der Waals surface area (Å²) >= 11 is 0. The van der Waals surface area contributed by atoms with Crippen LogP contribution in [0.4, 0.5) is 5.69 Å². The van der Waals surface area contributed by atoms with Crippen molar-refractivity contribution in [3.8, 4) is 5.75 Å². The molecule has 2 heteroatoms. The molecule has 3 aromatic rings. The first-order valence-corrected chi connectivity index (χ1v) is 7.26. The van der Waals surface area contributed by atoms with E-state index in [-0.39, 0.29) is 5.75 Å². The minimum absolute atomic E-state index is 0.247. The van der Waals surface area contributed by atoms with Crippen LogP contribution in [0.3, 0.4) is 0 Å². The molecule has 3 aromatic carbocycles. The molecule has 0 unspecified atom stereocenters. The van der Waals surface area contributed by atoms with Crippen molar-refractivity contribution in [1.82, 2.24) is 0 Å². The Labute approximate surface area is 130 Å². The number of hydrogen-bond donors (Lipinski definition) is 1. The molecule has 0 fully saturated rings. The molecule has 2 nitrogen and oxygen atoms in total. The molecule has 0 bridgehead atoms. The largest absolute Gasteiger partial charge is 0.507 e. The molecule has 0 heterocycles. The average Bonchev–Trinajstić information content (AvgIpc) is 2.57. The van der Waals surface area contributed by atoms with Crippen LogP contribution in [0.15, 0.2) is 83.9 Å². The molecule has 0 saturated heterocycles. The highest BCUT2D eigenvalue weighted by Crippen LogP contribution is 2.20. The van der Waals surface area contributed by atoms with Crippen molar-refractivity contribution >= 4 is 11.9 Å². The fourth-order valence-electron chi connectivity index (χ4n) is 2.31. The molecule has 0 spiro atoms. The molecule has 22 heavy (non-hydrogen) atoms. The molecule has 0 radical (unpaired) electrons. The van der Waals surface area contributed by atoms with Gasteiger partial charge in [-0.3, -0.25) is 4.99 Å². The molecule has 0 aliphatic carbocycles. The normalized spacial score (nSPS) is 10.9. The highest BCUT2D eigenvalue weighted by atomic mass is 16.3. The summed E-state index contributed by atoms with van der Waals surface area (Å²) in [7, 11) is 0. The van der Waals surface area contributed by atoms with Crippen molar-refractivity contribution in [2.45, 2.75) is 6.42 Å². The zero-order chi connectivity index (χ0) is 15.2. The molecular formula is C20H17NO. The molecule has 0 aliphatic rings. The number of aliphatic imine (C=N–C) groups is 1. The molecule has 0 amide bonds. The van der Waals surface area contributed by atoms with E-state index in [1.807, 2.05) is 60.7 Å². The van der Waals surface area contributed by atoms with Crippen LogP contribution in [0.1, 0.15) is 16.7 Å². The van der Waals surface area contributed by atoms with Crippen LogP contribution in [-0.2, 0) is 6.42 Å². The number of para-hydroxylation sites is 1. The third-order valence-corrected chi connectivity index (χ3v) is 3.45. The van der Waals surface area contributed by atoms with E-state index in [1.165, 1.54) is 5.56 Å². The van der Waals surface area contributed by atoms with Crippen LogP contribution >= 0.6 is 0 Å². The Morgan fingerprint density at radius 2 is 1.45 bits per heavy atom. The third kappa shape index (κ3) is 3.61. The first kappa shape index (κ1) is 14.1. The van der Waals surface area contributed by atoms with Gasteiger partial charge in [-0.2, -0.15) is 0 Å². The van der Waals surface area contributed by atoms with Crippen molar-refractivity contribution in [1.29, 1.82) is 0 Å². The van der Waals surface area contributed by atoms with Gasteiger partial charge in [-0.1, -0.05) is 54.6 Å². The van der Waals surface area contributed by atoms with Gasteiger partial charge in [-0.15, -0.1) is 0 Å². The van der Waals surface area contributed by atoms with Crippen molar-refractivity contribution in [3.63, 3.8) is 0 Å². The predicted molar refractivity (Wildman–Crippen MR) is 91.1 cm³/mol. The summed E-state index contributed by atoms with van der Waals surface area (Å²) in [5.41, 5.74) is 4.00. The maximum atomic E-state index is 9.99. The van der Waals surface area contributed by atoms with E-state index < -0.39 is 0 Å². The molecule has 3 rings (SSSR count). The molecule has 0 aliphatic heterocycles.